The van der Waals surface area contributed by atoms with Crippen molar-refractivity contribution in [2.75, 3.05) is 5.32 Å². The maximum atomic E-state index is 8.69. The van der Waals surface area contributed by atoms with Crippen LogP contribution in [0.25, 0.3) is 0 Å². The molecule has 0 aliphatic carbocycles. The predicted molar refractivity (Wildman–Crippen MR) is 62.2 cm³/mol. The summed E-state index contributed by atoms with van der Waals surface area (Å²) in [5.41, 5.74) is 2.40. The molecule has 0 saturated heterocycles. The highest BCUT2D eigenvalue weighted by Crippen LogP contribution is 2.23. The lowest BCUT2D eigenvalue weighted by atomic mass is 10.2. The molecule has 0 bridgehead atoms. The molecule has 80 valence electrons. The number of benzene rings is 1. The van der Waals surface area contributed by atoms with Crippen LogP contribution in [0, 0.1) is 11.3 Å². The third-order valence-electron chi connectivity index (χ3n) is 2.16. The highest BCUT2D eigenvalue weighted by molar-refractivity contribution is 6.33. The zero-order valence-electron chi connectivity index (χ0n) is 8.40. The van der Waals surface area contributed by atoms with E-state index in [0.29, 0.717) is 17.1 Å². The van der Waals surface area contributed by atoms with Crippen molar-refractivity contribution in [3.63, 3.8) is 0 Å². The second-order valence-corrected chi connectivity index (χ2v) is 3.70. The van der Waals surface area contributed by atoms with Gasteiger partial charge in [0.2, 0.25) is 0 Å². The van der Waals surface area contributed by atoms with Gasteiger partial charge in [0.25, 0.3) is 0 Å². The van der Waals surface area contributed by atoms with Gasteiger partial charge < -0.3 is 9.73 Å². The smallest absolute Gasteiger partial charge is 0.0992 e. The van der Waals surface area contributed by atoms with Gasteiger partial charge in [0.05, 0.1) is 34.9 Å². The fourth-order valence-electron chi connectivity index (χ4n) is 1.32. The summed E-state index contributed by atoms with van der Waals surface area (Å²) < 4.78 is 4.95. The second kappa shape index (κ2) is 4.73. The summed E-state index contributed by atoms with van der Waals surface area (Å²) in [7, 11) is 0. The standard InChI is InChI=1S/C12H9ClN2O/c13-11-5-9(6-14)1-2-12(11)15-7-10-3-4-16-8-10/h1-5,8,15H,7H2. The maximum absolute atomic E-state index is 8.69. The molecule has 3 nitrogen and oxygen atoms in total. The Balaban J connectivity index is 2.08. The number of furan rings is 1. The summed E-state index contributed by atoms with van der Waals surface area (Å²) in [5, 5.41) is 12.4. The van der Waals surface area contributed by atoms with E-state index in [0.717, 1.165) is 11.3 Å². The van der Waals surface area contributed by atoms with Crippen LogP contribution in [-0.2, 0) is 6.54 Å². The zero-order chi connectivity index (χ0) is 11.4. The van der Waals surface area contributed by atoms with Crippen LogP contribution < -0.4 is 5.32 Å². The quantitative estimate of drug-likeness (QED) is 0.882. The molecule has 0 unspecified atom stereocenters. The molecule has 1 heterocycles. The van der Waals surface area contributed by atoms with Crippen molar-refractivity contribution in [3.05, 3.63) is 52.9 Å². The Kier molecular flexibility index (Phi) is 3.13. The normalized spacial score (nSPS) is 9.75. The fourth-order valence-corrected chi connectivity index (χ4v) is 1.57. The van der Waals surface area contributed by atoms with Gasteiger partial charge in [-0.2, -0.15) is 5.26 Å². The Hall–Kier alpha value is -1.92. The summed E-state index contributed by atoms with van der Waals surface area (Å²) in [6.07, 6.45) is 3.29. The van der Waals surface area contributed by atoms with E-state index in [-0.39, 0.29) is 0 Å². The van der Waals surface area contributed by atoms with Gasteiger partial charge in [-0.15, -0.1) is 0 Å². The largest absolute Gasteiger partial charge is 0.472 e. The Morgan fingerprint density at radius 2 is 2.25 bits per heavy atom. The number of hydrogen-bond donors (Lipinski definition) is 1. The van der Waals surface area contributed by atoms with E-state index < -0.39 is 0 Å². The first kappa shape index (κ1) is 10.6. The molecule has 0 spiro atoms. The minimum atomic E-state index is 0.544. The van der Waals surface area contributed by atoms with Gasteiger partial charge in [-0.1, -0.05) is 11.6 Å². The fraction of sp³-hybridized carbons (Fsp3) is 0.0833. The van der Waals surface area contributed by atoms with E-state index in [4.69, 9.17) is 21.3 Å². The van der Waals surface area contributed by atoms with Crippen LogP contribution in [0.2, 0.25) is 5.02 Å². The van der Waals surface area contributed by atoms with Crippen LogP contribution in [0.1, 0.15) is 11.1 Å². The number of halogens is 1. The molecule has 2 aromatic rings. The monoisotopic (exact) mass is 232 g/mol. The second-order valence-electron chi connectivity index (χ2n) is 3.29. The van der Waals surface area contributed by atoms with Gasteiger partial charge in [-0.3, -0.25) is 0 Å². The number of anilines is 1. The molecule has 0 radical (unpaired) electrons. The van der Waals surface area contributed by atoms with Crippen molar-refractivity contribution in [1.82, 2.24) is 0 Å². The topological polar surface area (TPSA) is 49.0 Å². The SMILES string of the molecule is N#Cc1ccc(NCc2ccoc2)c(Cl)c1. The minimum absolute atomic E-state index is 0.544. The highest BCUT2D eigenvalue weighted by Gasteiger charge is 2.01. The molecule has 0 fully saturated rings. The van der Waals surface area contributed by atoms with Crippen LogP contribution >= 0.6 is 11.6 Å². The number of nitrogens with zero attached hydrogens (tertiary/aromatic N) is 1. The van der Waals surface area contributed by atoms with Crippen molar-refractivity contribution in [1.29, 1.82) is 5.26 Å². The maximum Gasteiger partial charge on any atom is 0.0992 e. The molecule has 0 atom stereocenters. The van der Waals surface area contributed by atoms with Crippen LogP contribution in [0.15, 0.2) is 41.2 Å². The first-order valence-electron chi connectivity index (χ1n) is 4.74. The minimum Gasteiger partial charge on any atom is -0.472 e. The summed E-state index contributed by atoms with van der Waals surface area (Å²) in [5.74, 6) is 0. The van der Waals surface area contributed by atoms with Crippen molar-refractivity contribution in [3.8, 4) is 6.07 Å². The van der Waals surface area contributed by atoms with Gasteiger partial charge >= 0.3 is 0 Å². The van der Waals surface area contributed by atoms with E-state index in [1.54, 1.807) is 30.7 Å². The highest BCUT2D eigenvalue weighted by atomic mass is 35.5. The van der Waals surface area contributed by atoms with E-state index >= 15 is 0 Å². The van der Waals surface area contributed by atoms with E-state index in [1.807, 2.05) is 12.1 Å². The average molecular weight is 233 g/mol. The summed E-state index contributed by atoms with van der Waals surface area (Å²) in [4.78, 5) is 0. The molecule has 16 heavy (non-hydrogen) atoms. The van der Waals surface area contributed by atoms with Crippen molar-refractivity contribution in [2.45, 2.75) is 6.54 Å². The molecular formula is C12H9ClN2O. The van der Waals surface area contributed by atoms with Crippen molar-refractivity contribution < 1.29 is 4.42 Å². The van der Waals surface area contributed by atoms with Crippen molar-refractivity contribution in [2.24, 2.45) is 0 Å². The van der Waals surface area contributed by atoms with Gasteiger partial charge in [-0.25, -0.2) is 0 Å². The third-order valence-corrected chi connectivity index (χ3v) is 2.47. The summed E-state index contributed by atoms with van der Waals surface area (Å²) in [6.45, 7) is 0.641. The lowest BCUT2D eigenvalue weighted by Gasteiger charge is -2.06. The molecule has 1 N–H and O–H groups in total. The van der Waals surface area contributed by atoms with Gasteiger partial charge in [-0.05, 0) is 24.3 Å². The molecule has 1 aromatic heterocycles. The van der Waals surface area contributed by atoms with Gasteiger partial charge in [0.15, 0.2) is 0 Å². The first-order valence-corrected chi connectivity index (χ1v) is 5.12. The average Bonchev–Trinajstić information content (AvgIpc) is 2.80. The van der Waals surface area contributed by atoms with E-state index in [9.17, 15) is 0 Å². The molecule has 2 rings (SSSR count). The number of nitriles is 1. The van der Waals surface area contributed by atoms with E-state index in [2.05, 4.69) is 5.32 Å². The molecule has 0 saturated carbocycles. The van der Waals surface area contributed by atoms with Gasteiger partial charge in [0, 0.05) is 12.1 Å². The predicted octanol–water partition coefficient (Wildman–Crippen LogP) is 3.42. The molecule has 0 amide bonds. The first-order chi connectivity index (χ1) is 7.79. The molecule has 0 aliphatic heterocycles. The van der Waals surface area contributed by atoms with Crippen molar-refractivity contribution >= 4 is 17.3 Å². The Morgan fingerprint density at radius 3 is 2.88 bits per heavy atom. The third kappa shape index (κ3) is 2.36. The molecule has 0 aliphatic rings. The Labute approximate surface area is 98.3 Å². The summed E-state index contributed by atoms with van der Waals surface area (Å²) in [6, 6.07) is 9.07. The van der Waals surface area contributed by atoms with Crippen LogP contribution in [0.4, 0.5) is 5.69 Å². The summed E-state index contributed by atoms with van der Waals surface area (Å²) >= 11 is 6.01. The molecule has 1 aromatic carbocycles. The zero-order valence-corrected chi connectivity index (χ0v) is 9.16. The number of rotatable bonds is 3. The molecular weight excluding hydrogens is 224 g/mol. The van der Waals surface area contributed by atoms with Crippen LogP contribution in [0.5, 0.6) is 0 Å². The lowest BCUT2D eigenvalue weighted by Crippen LogP contribution is -1.98. The molecule has 4 heteroatoms. The van der Waals surface area contributed by atoms with Crippen LogP contribution in [-0.4, -0.2) is 0 Å². The lowest BCUT2D eigenvalue weighted by molar-refractivity contribution is 0.564. The Bertz CT molecular complexity index is 514. The van der Waals surface area contributed by atoms with Gasteiger partial charge in [0.1, 0.15) is 0 Å². The van der Waals surface area contributed by atoms with E-state index in [1.165, 1.54) is 0 Å². The Morgan fingerprint density at radius 1 is 1.38 bits per heavy atom. The number of hydrogen-bond acceptors (Lipinski definition) is 3. The number of nitrogens with one attached hydrogen (secondary N) is 1. The van der Waals surface area contributed by atoms with Crippen LogP contribution in [0.3, 0.4) is 0 Å².